The summed E-state index contributed by atoms with van der Waals surface area (Å²) in [6.45, 7) is 0.0606. The zero-order valence-electron chi connectivity index (χ0n) is 9.36. The van der Waals surface area contributed by atoms with Crippen LogP contribution >= 0.6 is 0 Å². The van der Waals surface area contributed by atoms with E-state index in [9.17, 15) is 4.79 Å². The van der Waals surface area contributed by atoms with Crippen molar-refractivity contribution < 1.29 is 9.53 Å². The van der Waals surface area contributed by atoms with Gasteiger partial charge in [0.1, 0.15) is 5.75 Å². The van der Waals surface area contributed by atoms with E-state index < -0.39 is 0 Å². The van der Waals surface area contributed by atoms with Crippen LogP contribution in [0.2, 0.25) is 0 Å². The second kappa shape index (κ2) is 4.26. The minimum atomic E-state index is -0.0523. The number of carbonyl (C=O) groups is 1. The summed E-state index contributed by atoms with van der Waals surface area (Å²) in [5.74, 6) is 0.654. The highest BCUT2D eigenvalue weighted by molar-refractivity contribution is 5.85. The van der Waals surface area contributed by atoms with Crippen LogP contribution in [-0.4, -0.2) is 36.5 Å². The lowest BCUT2D eigenvalue weighted by atomic mass is 10.2. The number of fused-ring (bicyclic) bond motifs is 1. The van der Waals surface area contributed by atoms with Crippen LogP contribution in [0.15, 0.2) is 30.5 Å². The minimum absolute atomic E-state index is 0.0523. The molecule has 2 rings (SSSR count). The third kappa shape index (κ3) is 2.00. The number of amides is 1. The summed E-state index contributed by atoms with van der Waals surface area (Å²) in [5.41, 5.74) is 0.925. The van der Waals surface area contributed by atoms with Crippen molar-refractivity contribution >= 4 is 16.8 Å². The molecule has 1 aromatic heterocycles. The lowest BCUT2D eigenvalue weighted by Gasteiger charge is -2.11. The van der Waals surface area contributed by atoms with Gasteiger partial charge < -0.3 is 14.6 Å². The molecular weight excluding hydrogens is 204 g/mol. The highest BCUT2D eigenvalue weighted by atomic mass is 16.5. The lowest BCUT2D eigenvalue weighted by molar-refractivity contribution is -0.130. The summed E-state index contributed by atoms with van der Waals surface area (Å²) in [6, 6.07) is 7.72. The molecule has 0 saturated heterocycles. The van der Waals surface area contributed by atoms with Gasteiger partial charge in [0.05, 0.1) is 5.52 Å². The van der Waals surface area contributed by atoms with Gasteiger partial charge in [0, 0.05) is 25.7 Å². The largest absolute Gasteiger partial charge is 0.482 e. The van der Waals surface area contributed by atoms with E-state index in [0.717, 1.165) is 10.9 Å². The van der Waals surface area contributed by atoms with Crippen LogP contribution in [0.1, 0.15) is 0 Å². The summed E-state index contributed by atoms with van der Waals surface area (Å²) in [7, 11) is 3.42. The van der Waals surface area contributed by atoms with Gasteiger partial charge in [0.2, 0.25) is 0 Å². The van der Waals surface area contributed by atoms with Crippen molar-refractivity contribution in [1.29, 1.82) is 0 Å². The van der Waals surface area contributed by atoms with Gasteiger partial charge in [-0.2, -0.15) is 0 Å². The Balaban J connectivity index is 2.15. The van der Waals surface area contributed by atoms with Crippen LogP contribution < -0.4 is 4.74 Å². The summed E-state index contributed by atoms with van der Waals surface area (Å²) in [6.07, 6.45) is 1.85. The molecule has 1 amide bonds. The van der Waals surface area contributed by atoms with E-state index in [4.69, 9.17) is 4.74 Å². The second-order valence-corrected chi connectivity index (χ2v) is 3.77. The first-order valence-corrected chi connectivity index (χ1v) is 5.07. The van der Waals surface area contributed by atoms with E-state index in [1.54, 1.807) is 14.1 Å². The highest BCUT2D eigenvalue weighted by Crippen LogP contribution is 2.23. The van der Waals surface area contributed by atoms with E-state index in [-0.39, 0.29) is 12.5 Å². The zero-order valence-corrected chi connectivity index (χ0v) is 9.36. The molecule has 1 N–H and O–H groups in total. The molecular formula is C12H14N2O2. The molecule has 16 heavy (non-hydrogen) atoms. The molecule has 4 heteroatoms. The number of aromatic amines is 1. The molecule has 0 bridgehead atoms. The molecule has 0 radical (unpaired) electrons. The minimum Gasteiger partial charge on any atom is -0.482 e. The average Bonchev–Trinajstić information content (AvgIpc) is 2.73. The van der Waals surface area contributed by atoms with Crippen molar-refractivity contribution in [3.8, 4) is 5.75 Å². The topological polar surface area (TPSA) is 45.3 Å². The summed E-state index contributed by atoms with van der Waals surface area (Å²) < 4.78 is 5.48. The van der Waals surface area contributed by atoms with Crippen LogP contribution in [0.3, 0.4) is 0 Å². The molecule has 0 spiro atoms. The zero-order chi connectivity index (χ0) is 11.5. The number of H-pyrrole nitrogens is 1. The van der Waals surface area contributed by atoms with E-state index in [1.165, 1.54) is 4.90 Å². The number of hydrogen-bond donors (Lipinski definition) is 1. The second-order valence-electron chi connectivity index (χ2n) is 3.77. The molecule has 84 valence electrons. The predicted molar refractivity (Wildman–Crippen MR) is 62.5 cm³/mol. The molecule has 1 heterocycles. The van der Waals surface area contributed by atoms with Crippen LogP contribution in [0.25, 0.3) is 10.9 Å². The Kier molecular flexibility index (Phi) is 2.81. The average molecular weight is 218 g/mol. The van der Waals surface area contributed by atoms with Crippen molar-refractivity contribution in [1.82, 2.24) is 9.88 Å². The van der Waals surface area contributed by atoms with Gasteiger partial charge in [-0.3, -0.25) is 4.79 Å². The van der Waals surface area contributed by atoms with Crippen molar-refractivity contribution in [2.24, 2.45) is 0 Å². The summed E-state index contributed by atoms with van der Waals surface area (Å²) in [5, 5.41) is 1.08. The van der Waals surface area contributed by atoms with Gasteiger partial charge in [0.15, 0.2) is 6.61 Å². The van der Waals surface area contributed by atoms with Crippen LogP contribution in [0.4, 0.5) is 0 Å². The van der Waals surface area contributed by atoms with Gasteiger partial charge in [-0.15, -0.1) is 0 Å². The van der Waals surface area contributed by atoms with Gasteiger partial charge >= 0.3 is 0 Å². The molecule has 0 aliphatic carbocycles. The number of benzene rings is 1. The molecule has 4 nitrogen and oxygen atoms in total. The number of ether oxygens (including phenoxy) is 1. The molecule has 0 fully saturated rings. The van der Waals surface area contributed by atoms with Crippen molar-refractivity contribution in [2.45, 2.75) is 0 Å². The Morgan fingerprint density at radius 1 is 1.38 bits per heavy atom. The van der Waals surface area contributed by atoms with E-state index >= 15 is 0 Å². The van der Waals surface area contributed by atoms with Crippen molar-refractivity contribution in [2.75, 3.05) is 20.7 Å². The Morgan fingerprint density at radius 2 is 2.19 bits per heavy atom. The SMILES string of the molecule is CN(C)C(=O)COc1cccc2cc[nH]c12. The van der Waals surface area contributed by atoms with Crippen molar-refractivity contribution in [3.05, 3.63) is 30.5 Å². The number of likely N-dealkylation sites (N-methyl/N-ethyl adjacent to an activating group) is 1. The standard InChI is InChI=1S/C12H14N2O2/c1-14(2)11(15)8-16-10-5-3-4-9-6-7-13-12(9)10/h3-7,13H,8H2,1-2H3. The molecule has 0 saturated carbocycles. The number of carbonyl (C=O) groups excluding carboxylic acids is 1. The fourth-order valence-corrected chi connectivity index (χ4v) is 1.45. The monoisotopic (exact) mass is 218 g/mol. The van der Waals surface area contributed by atoms with Gasteiger partial charge in [-0.1, -0.05) is 12.1 Å². The van der Waals surface area contributed by atoms with Crippen LogP contribution in [0.5, 0.6) is 5.75 Å². The Morgan fingerprint density at radius 3 is 2.94 bits per heavy atom. The molecule has 0 unspecified atom stereocenters. The number of para-hydroxylation sites is 1. The molecule has 2 aromatic rings. The maximum Gasteiger partial charge on any atom is 0.259 e. The smallest absolute Gasteiger partial charge is 0.259 e. The highest BCUT2D eigenvalue weighted by Gasteiger charge is 2.07. The quantitative estimate of drug-likeness (QED) is 0.851. The number of nitrogens with zero attached hydrogens (tertiary/aromatic N) is 1. The number of aromatic nitrogens is 1. The van der Waals surface area contributed by atoms with Crippen molar-refractivity contribution in [3.63, 3.8) is 0 Å². The first-order valence-electron chi connectivity index (χ1n) is 5.07. The fourth-order valence-electron chi connectivity index (χ4n) is 1.45. The third-order valence-electron chi connectivity index (χ3n) is 2.40. The maximum atomic E-state index is 11.4. The molecule has 0 aliphatic heterocycles. The fraction of sp³-hybridized carbons (Fsp3) is 0.250. The van der Waals surface area contributed by atoms with Gasteiger partial charge in [0.25, 0.3) is 5.91 Å². The Bertz CT molecular complexity index is 502. The Labute approximate surface area is 93.8 Å². The maximum absolute atomic E-state index is 11.4. The number of nitrogens with one attached hydrogen (secondary N) is 1. The van der Waals surface area contributed by atoms with Gasteiger partial charge in [-0.25, -0.2) is 0 Å². The number of hydrogen-bond acceptors (Lipinski definition) is 2. The Hall–Kier alpha value is -1.97. The first-order chi connectivity index (χ1) is 7.68. The summed E-state index contributed by atoms with van der Waals surface area (Å²) in [4.78, 5) is 16.0. The van der Waals surface area contributed by atoms with Crippen LogP contribution in [0, 0.1) is 0 Å². The van der Waals surface area contributed by atoms with Gasteiger partial charge in [-0.05, 0) is 12.1 Å². The van der Waals surface area contributed by atoms with E-state index in [1.807, 2.05) is 30.5 Å². The van der Waals surface area contributed by atoms with E-state index in [2.05, 4.69) is 4.98 Å². The third-order valence-corrected chi connectivity index (χ3v) is 2.40. The van der Waals surface area contributed by atoms with Crippen LogP contribution in [-0.2, 0) is 4.79 Å². The lowest BCUT2D eigenvalue weighted by Crippen LogP contribution is -2.27. The predicted octanol–water partition coefficient (Wildman–Crippen LogP) is 1.63. The molecule has 0 atom stereocenters. The van der Waals surface area contributed by atoms with E-state index in [0.29, 0.717) is 5.75 Å². The normalized spacial score (nSPS) is 10.4. The molecule has 1 aromatic carbocycles. The number of rotatable bonds is 3. The summed E-state index contributed by atoms with van der Waals surface area (Å²) >= 11 is 0. The molecule has 0 aliphatic rings. The first kappa shape index (κ1) is 10.5.